The standard InChI is InChI=1S/C14H19BrN2O3/c1-10(14(18)17-5-7-20-8-6-17)16-11-3-4-13(19-2)12(15)9-11/h3-4,9-10,16H,5-8H2,1-2H3. The number of hydrogen-bond donors (Lipinski definition) is 1. The van der Waals surface area contributed by atoms with Gasteiger partial charge in [0, 0.05) is 18.8 Å². The molecule has 1 aromatic carbocycles. The van der Waals surface area contributed by atoms with Crippen molar-refractivity contribution in [3.05, 3.63) is 22.7 Å². The van der Waals surface area contributed by atoms with Crippen molar-refractivity contribution in [3.63, 3.8) is 0 Å². The third-order valence-corrected chi connectivity index (χ3v) is 3.85. The van der Waals surface area contributed by atoms with E-state index >= 15 is 0 Å². The first kappa shape index (κ1) is 15.1. The Morgan fingerprint density at radius 3 is 2.75 bits per heavy atom. The van der Waals surface area contributed by atoms with Crippen molar-refractivity contribution >= 4 is 27.5 Å². The predicted molar refractivity (Wildman–Crippen MR) is 81.2 cm³/mol. The topological polar surface area (TPSA) is 50.8 Å². The zero-order chi connectivity index (χ0) is 14.5. The van der Waals surface area contributed by atoms with E-state index in [1.807, 2.05) is 30.0 Å². The molecule has 1 heterocycles. The van der Waals surface area contributed by atoms with Crippen LogP contribution >= 0.6 is 15.9 Å². The van der Waals surface area contributed by atoms with Gasteiger partial charge in [-0.05, 0) is 41.1 Å². The molecule has 1 aliphatic heterocycles. The van der Waals surface area contributed by atoms with Gasteiger partial charge >= 0.3 is 0 Å². The second-order valence-corrected chi connectivity index (χ2v) is 5.51. The number of morpholine rings is 1. The number of anilines is 1. The second-order valence-electron chi connectivity index (χ2n) is 4.65. The van der Waals surface area contributed by atoms with Crippen LogP contribution in [0.3, 0.4) is 0 Å². The van der Waals surface area contributed by atoms with Crippen LogP contribution in [0, 0.1) is 0 Å². The first-order valence-electron chi connectivity index (χ1n) is 6.58. The number of benzene rings is 1. The fourth-order valence-corrected chi connectivity index (χ4v) is 2.67. The Labute approximate surface area is 127 Å². The van der Waals surface area contributed by atoms with Crippen LogP contribution in [0.4, 0.5) is 5.69 Å². The number of halogens is 1. The Hall–Kier alpha value is -1.27. The molecular weight excluding hydrogens is 324 g/mol. The van der Waals surface area contributed by atoms with Gasteiger partial charge in [-0.25, -0.2) is 0 Å². The molecular formula is C14H19BrN2O3. The van der Waals surface area contributed by atoms with E-state index in [9.17, 15) is 4.79 Å². The molecule has 1 aliphatic rings. The molecule has 1 unspecified atom stereocenters. The zero-order valence-corrected chi connectivity index (χ0v) is 13.3. The van der Waals surface area contributed by atoms with Crippen LogP contribution in [0.25, 0.3) is 0 Å². The Bertz CT molecular complexity index is 475. The number of nitrogens with one attached hydrogen (secondary N) is 1. The molecule has 110 valence electrons. The van der Waals surface area contributed by atoms with Gasteiger partial charge in [0.15, 0.2) is 0 Å². The highest BCUT2D eigenvalue weighted by Gasteiger charge is 2.22. The van der Waals surface area contributed by atoms with Gasteiger partial charge in [-0.15, -0.1) is 0 Å². The monoisotopic (exact) mass is 342 g/mol. The number of carbonyl (C=O) groups is 1. The molecule has 0 spiro atoms. The minimum absolute atomic E-state index is 0.0974. The van der Waals surface area contributed by atoms with Crippen LogP contribution in [-0.4, -0.2) is 50.3 Å². The van der Waals surface area contributed by atoms with E-state index in [-0.39, 0.29) is 11.9 Å². The Balaban J connectivity index is 1.98. The molecule has 0 aliphatic carbocycles. The lowest BCUT2D eigenvalue weighted by atomic mass is 10.2. The first-order chi connectivity index (χ1) is 9.61. The maximum absolute atomic E-state index is 12.3. The van der Waals surface area contributed by atoms with Gasteiger partial charge in [0.05, 0.1) is 24.8 Å². The molecule has 0 aromatic heterocycles. The minimum Gasteiger partial charge on any atom is -0.496 e. The van der Waals surface area contributed by atoms with Crippen LogP contribution in [0.15, 0.2) is 22.7 Å². The van der Waals surface area contributed by atoms with Crippen molar-refractivity contribution in [1.29, 1.82) is 0 Å². The number of carbonyl (C=O) groups excluding carboxylic acids is 1. The summed E-state index contributed by atoms with van der Waals surface area (Å²) in [5.74, 6) is 0.864. The van der Waals surface area contributed by atoms with E-state index in [0.717, 1.165) is 15.9 Å². The summed E-state index contributed by atoms with van der Waals surface area (Å²) in [6, 6.07) is 5.39. The molecule has 2 rings (SSSR count). The molecule has 1 amide bonds. The molecule has 0 radical (unpaired) electrons. The quantitative estimate of drug-likeness (QED) is 0.910. The van der Waals surface area contributed by atoms with Crippen molar-refractivity contribution in [1.82, 2.24) is 4.90 Å². The maximum Gasteiger partial charge on any atom is 0.244 e. The number of rotatable bonds is 4. The summed E-state index contributed by atoms with van der Waals surface area (Å²) >= 11 is 3.43. The van der Waals surface area contributed by atoms with Gasteiger partial charge in [-0.3, -0.25) is 4.79 Å². The average Bonchev–Trinajstić information content (AvgIpc) is 2.47. The fourth-order valence-electron chi connectivity index (χ4n) is 2.13. The normalized spacial score (nSPS) is 16.6. The van der Waals surface area contributed by atoms with Gasteiger partial charge in [0.2, 0.25) is 5.91 Å². The Morgan fingerprint density at radius 2 is 2.15 bits per heavy atom. The minimum atomic E-state index is -0.270. The Kier molecular flexibility index (Phi) is 5.25. The zero-order valence-electron chi connectivity index (χ0n) is 11.7. The average molecular weight is 343 g/mol. The summed E-state index contributed by atoms with van der Waals surface area (Å²) in [6.07, 6.45) is 0. The van der Waals surface area contributed by atoms with Gasteiger partial charge in [-0.1, -0.05) is 0 Å². The summed E-state index contributed by atoms with van der Waals surface area (Å²) < 4.78 is 11.3. The van der Waals surface area contributed by atoms with Gasteiger partial charge in [0.1, 0.15) is 11.8 Å². The molecule has 0 bridgehead atoms. The molecule has 1 aromatic rings. The number of nitrogens with zero attached hydrogens (tertiary/aromatic N) is 1. The molecule has 20 heavy (non-hydrogen) atoms. The molecule has 1 N–H and O–H groups in total. The summed E-state index contributed by atoms with van der Waals surface area (Å²) in [7, 11) is 1.62. The molecule has 1 fully saturated rings. The van der Waals surface area contributed by atoms with E-state index in [2.05, 4.69) is 21.2 Å². The fraction of sp³-hybridized carbons (Fsp3) is 0.500. The summed E-state index contributed by atoms with van der Waals surface area (Å²) in [6.45, 7) is 4.43. The number of hydrogen-bond acceptors (Lipinski definition) is 4. The molecule has 0 saturated carbocycles. The maximum atomic E-state index is 12.3. The molecule has 6 heteroatoms. The highest BCUT2D eigenvalue weighted by molar-refractivity contribution is 9.10. The van der Waals surface area contributed by atoms with Crippen molar-refractivity contribution in [2.45, 2.75) is 13.0 Å². The highest BCUT2D eigenvalue weighted by atomic mass is 79.9. The lowest BCUT2D eigenvalue weighted by Gasteiger charge is -2.29. The van der Waals surface area contributed by atoms with Crippen LogP contribution in [0.2, 0.25) is 0 Å². The van der Waals surface area contributed by atoms with Crippen molar-refractivity contribution in [3.8, 4) is 5.75 Å². The van der Waals surface area contributed by atoms with Crippen molar-refractivity contribution in [2.24, 2.45) is 0 Å². The lowest BCUT2D eigenvalue weighted by Crippen LogP contribution is -2.46. The predicted octanol–water partition coefficient (Wildman–Crippen LogP) is 2.12. The van der Waals surface area contributed by atoms with E-state index in [1.165, 1.54) is 0 Å². The van der Waals surface area contributed by atoms with Gasteiger partial charge in [-0.2, -0.15) is 0 Å². The number of amides is 1. The first-order valence-corrected chi connectivity index (χ1v) is 7.37. The summed E-state index contributed by atoms with van der Waals surface area (Å²) in [5.41, 5.74) is 0.881. The smallest absolute Gasteiger partial charge is 0.244 e. The third kappa shape index (κ3) is 3.64. The van der Waals surface area contributed by atoms with E-state index in [0.29, 0.717) is 26.3 Å². The van der Waals surface area contributed by atoms with Crippen LogP contribution in [0.5, 0.6) is 5.75 Å². The van der Waals surface area contributed by atoms with Crippen LogP contribution < -0.4 is 10.1 Å². The van der Waals surface area contributed by atoms with E-state index in [1.54, 1.807) is 7.11 Å². The van der Waals surface area contributed by atoms with Crippen LogP contribution in [-0.2, 0) is 9.53 Å². The number of ether oxygens (including phenoxy) is 2. The van der Waals surface area contributed by atoms with E-state index < -0.39 is 0 Å². The molecule has 5 nitrogen and oxygen atoms in total. The highest BCUT2D eigenvalue weighted by Crippen LogP contribution is 2.28. The van der Waals surface area contributed by atoms with Crippen molar-refractivity contribution < 1.29 is 14.3 Å². The van der Waals surface area contributed by atoms with E-state index in [4.69, 9.17) is 9.47 Å². The summed E-state index contributed by atoms with van der Waals surface area (Å²) in [5, 5.41) is 3.21. The number of methoxy groups -OCH3 is 1. The van der Waals surface area contributed by atoms with Gasteiger partial charge < -0.3 is 19.7 Å². The Morgan fingerprint density at radius 1 is 1.45 bits per heavy atom. The lowest BCUT2D eigenvalue weighted by molar-refractivity contribution is -0.135. The SMILES string of the molecule is COc1ccc(NC(C)C(=O)N2CCOCC2)cc1Br. The molecule has 1 atom stereocenters. The largest absolute Gasteiger partial charge is 0.496 e. The molecule has 1 saturated heterocycles. The second kappa shape index (κ2) is 6.95. The third-order valence-electron chi connectivity index (χ3n) is 3.23. The van der Waals surface area contributed by atoms with Gasteiger partial charge in [0.25, 0.3) is 0 Å². The summed E-state index contributed by atoms with van der Waals surface area (Å²) in [4.78, 5) is 14.1. The van der Waals surface area contributed by atoms with Crippen LogP contribution in [0.1, 0.15) is 6.92 Å². The van der Waals surface area contributed by atoms with Crippen molar-refractivity contribution in [2.75, 3.05) is 38.7 Å².